The third kappa shape index (κ3) is 681. The second kappa shape index (κ2) is 1090. The van der Waals surface area contributed by atoms with E-state index in [1.165, 1.54) is 0 Å². The van der Waals surface area contributed by atoms with E-state index in [-0.39, 0.29) is 41.8 Å². The van der Waals surface area contributed by atoms with Gasteiger partial charge in [0.1, 0.15) is 0 Å². The monoisotopic (exact) mass is 214 g/mol. The molecule has 0 aromatic rings. The van der Waals surface area contributed by atoms with Crippen molar-refractivity contribution in [2.45, 2.75) is 22.3 Å². The van der Waals surface area contributed by atoms with Crippen LogP contribution in [-0.2, 0) is 19.5 Å². The first kappa shape index (κ1) is 75.2. The molecule has 0 aromatic carbocycles. The van der Waals surface area contributed by atoms with E-state index in [9.17, 15) is 0 Å². The van der Waals surface area contributed by atoms with Crippen molar-refractivity contribution < 1.29 is 29.7 Å². The summed E-state index contributed by atoms with van der Waals surface area (Å²) in [5.41, 5.74) is 0. The third-order valence-corrected chi connectivity index (χ3v) is 0. The predicted molar refractivity (Wildman–Crippen MR) is 36.5 cm³/mol. The van der Waals surface area contributed by atoms with Crippen molar-refractivity contribution in [2.75, 3.05) is 14.2 Å². The van der Waals surface area contributed by atoms with E-state index < -0.39 is 0 Å². The Kier molecular flexibility index (Phi) is 10300. The van der Waals surface area contributed by atoms with Gasteiger partial charge in [-0.05, 0) is 0 Å². The summed E-state index contributed by atoms with van der Waals surface area (Å²) in [7, 11) is 2.00. The van der Waals surface area contributed by atoms with Gasteiger partial charge in [0.05, 0.1) is 0 Å². The molecule has 0 spiro atoms. The molecule has 0 fully saturated rings. The molecule has 0 radical (unpaired) electrons. The topological polar surface area (TPSA) is 40.5 Å². The Bertz CT molecular complexity index is 10.4. The molecule has 0 bridgehead atoms. The average molecular weight is 213 g/mol. The second-order valence-corrected chi connectivity index (χ2v) is 0. The van der Waals surface area contributed by atoms with Crippen LogP contribution in [0.2, 0.25) is 0 Å². The van der Waals surface area contributed by atoms with Gasteiger partial charge in [0.15, 0.2) is 0 Å². The van der Waals surface area contributed by atoms with Gasteiger partial charge in [0.2, 0.25) is 0 Å². The molecule has 0 heterocycles. The summed E-state index contributed by atoms with van der Waals surface area (Å²) < 4.78 is 0. The quantitative estimate of drug-likeness (QED) is 0.592. The van der Waals surface area contributed by atoms with E-state index in [1.54, 1.807) is 0 Å². The molecule has 2 nitrogen and oxygen atoms in total. The third-order valence-electron chi connectivity index (χ3n) is 0. The predicted octanol–water partition coefficient (Wildman–Crippen LogP) is 1.12. The van der Waals surface area contributed by atoms with Gasteiger partial charge >= 0.3 is 0 Å². The van der Waals surface area contributed by atoms with Crippen LogP contribution in [0.4, 0.5) is 0 Å². The summed E-state index contributed by atoms with van der Waals surface area (Å²) >= 11 is 0. The Morgan fingerprint density at radius 3 is 0.625 bits per heavy atom. The molecule has 0 amide bonds. The molecular weight excluding hydrogens is 193 g/mol. The van der Waals surface area contributed by atoms with Gasteiger partial charge in [-0.3, -0.25) is 0 Å². The van der Waals surface area contributed by atoms with Crippen molar-refractivity contribution in [1.82, 2.24) is 0 Å². The van der Waals surface area contributed by atoms with Crippen LogP contribution in [0.1, 0.15) is 22.3 Å². The van der Waals surface area contributed by atoms with Gasteiger partial charge in [-0.2, -0.15) is 0 Å². The maximum atomic E-state index is 7.00. The molecule has 0 rings (SSSR count). The van der Waals surface area contributed by atoms with Gasteiger partial charge < -0.3 is 10.2 Å². The van der Waals surface area contributed by atoms with Crippen LogP contribution in [-0.4, -0.2) is 24.4 Å². The SMILES string of the molecule is C.C.C.CO.CO.[Ru]. The minimum atomic E-state index is 0. The van der Waals surface area contributed by atoms with Crippen molar-refractivity contribution >= 4 is 0 Å². The summed E-state index contributed by atoms with van der Waals surface area (Å²) in [5.74, 6) is 0. The molecule has 0 saturated carbocycles. The zero-order valence-electron chi connectivity index (χ0n) is 3.25. The number of aliphatic hydroxyl groups excluding tert-OH is 2. The fourth-order valence-electron chi connectivity index (χ4n) is 0. The standard InChI is InChI=1S/2CH4O.3CH4.Ru/c2*1-2;;;;/h2*2H,1H3;3*1H4;. The summed E-state index contributed by atoms with van der Waals surface area (Å²) in [6, 6.07) is 0. The molecule has 0 unspecified atom stereocenters. The van der Waals surface area contributed by atoms with E-state index in [1.807, 2.05) is 0 Å². The molecule has 60 valence electrons. The summed E-state index contributed by atoms with van der Waals surface area (Å²) in [4.78, 5) is 0. The largest absolute Gasteiger partial charge is 0.400 e. The maximum Gasteiger partial charge on any atom is 0.0319 e. The number of rotatable bonds is 0. The average Bonchev–Trinajstić information content (AvgIpc) is 1.50. The second-order valence-electron chi connectivity index (χ2n) is 0. The van der Waals surface area contributed by atoms with E-state index >= 15 is 0 Å². The molecule has 0 saturated heterocycles. The van der Waals surface area contributed by atoms with Crippen molar-refractivity contribution in [1.29, 1.82) is 0 Å². The zero-order chi connectivity index (χ0) is 4.00. The molecule has 0 atom stereocenters. The van der Waals surface area contributed by atoms with Gasteiger partial charge in [-0.25, -0.2) is 0 Å². The Morgan fingerprint density at radius 1 is 0.625 bits per heavy atom. The van der Waals surface area contributed by atoms with Crippen LogP contribution in [0, 0.1) is 0 Å². The Morgan fingerprint density at radius 2 is 0.625 bits per heavy atom. The Balaban J connectivity index is -0.00000000167. The van der Waals surface area contributed by atoms with Crippen LogP contribution < -0.4 is 0 Å². The normalized spacial score (nSPS) is 1.50. The van der Waals surface area contributed by atoms with E-state index in [2.05, 4.69) is 0 Å². The van der Waals surface area contributed by atoms with Gasteiger partial charge in [-0.15, -0.1) is 0 Å². The molecule has 0 aliphatic heterocycles. The minimum absolute atomic E-state index is 0. The van der Waals surface area contributed by atoms with Crippen molar-refractivity contribution in [3.05, 3.63) is 0 Å². The van der Waals surface area contributed by atoms with Gasteiger partial charge in [0.25, 0.3) is 0 Å². The maximum absolute atomic E-state index is 7.00. The fourth-order valence-corrected chi connectivity index (χ4v) is 0. The first-order chi connectivity index (χ1) is 2.00. The first-order valence-corrected chi connectivity index (χ1v) is 0.894. The molecule has 0 aliphatic carbocycles. The van der Waals surface area contributed by atoms with Gasteiger partial charge in [0, 0.05) is 33.7 Å². The van der Waals surface area contributed by atoms with E-state index in [0.717, 1.165) is 14.2 Å². The summed E-state index contributed by atoms with van der Waals surface area (Å²) in [6.07, 6.45) is 0. The van der Waals surface area contributed by atoms with Crippen molar-refractivity contribution in [3.8, 4) is 0 Å². The Hall–Kier alpha value is 0.543. The molecule has 8 heavy (non-hydrogen) atoms. The van der Waals surface area contributed by atoms with Gasteiger partial charge in [-0.1, -0.05) is 22.3 Å². The number of hydrogen-bond donors (Lipinski definition) is 2. The van der Waals surface area contributed by atoms with Crippen LogP contribution in [0.3, 0.4) is 0 Å². The fraction of sp³-hybridized carbons (Fsp3) is 1.00. The van der Waals surface area contributed by atoms with Crippen LogP contribution >= 0.6 is 0 Å². The minimum Gasteiger partial charge on any atom is -0.400 e. The smallest absolute Gasteiger partial charge is 0.0319 e. The van der Waals surface area contributed by atoms with E-state index in [0.29, 0.717) is 0 Å². The Labute approximate surface area is 66.7 Å². The molecule has 3 heteroatoms. The van der Waals surface area contributed by atoms with Crippen LogP contribution in [0.15, 0.2) is 0 Å². The van der Waals surface area contributed by atoms with Crippen molar-refractivity contribution in [3.63, 3.8) is 0 Å². The van der Waals surface area contributed by atoms with Crippen LogP contribution in [0.25, 0.3) is 0 Å². The van der Waals surface area contributed by atoms with Crippen LogP contribution in [0.5, 0.6) is 0 Å². The zero-order valence-corrected chi connectivity index (χ0v) is 4.99. The molecule has 0 aliphatic rings. The molecular formula is C5H20O2Ru. The van der Waals surface area contributed by atoms with Crippen molar-refractivity contribution in [2.24, 2.45) is 0 Å². The first-order valence-electron chi connectivity index (χ1n) is 0.894. The molecule has 0 aromatic heterocycles. The number of hydrogen-bond acceptors (Lipinski definition) is 2. The summed E-state index contributed by atoms with van der Waals surface area (Å²) in [6.45, 7) is 0. The number of aliphatic hydroxyl groups is 2. The van der Waals surface area contributed by atoms with E-state index in [4.69, 9.17) is 10.2 Å². The molecule has 2 N–H and O–H groups in total. The summed E-state index contributed by atoms with van der Waals surface area (Å²) in [5, 5.41) is 14.0.